The van der Waals surface area contributed by atoms with Crippen LogP contribution >= 0.6 is 0 Å². The zero-order chi connectivity index (χ0) is 14.1. The maximum absolute atomic E-state index is 6.20. The topological polar surface area (TPSA) is 36.9 Å². The summed E-state index contributed by atoms with van der Waals surface area (Å²) in [6.07, 6.45) is 2.42. The Bertz CT molecular complexity index is 182. The summed E-state index contributed by atoms with van der Waals surface area (Å²) in [5.74, 6) is 0. The first-order chi connectivity index (χ1) is 8.57. The second kappa shape index (κ2) is 9.04. The van der Waals surface area contributed by atoms with E-state index in [0.29, 0.717) is 26.2 Å². The van der Waals surface area contributed by atoms with Crippen molar-refractivity contribution in [2.75, 3.05) is 19.8 Å². The Kier molecular flexibility index (Phi) is 9.07. The zero-order valence-electron chi connectivity index (χ0n) is 12.6. The minimum Gasteiger partial charge on any atom is -0.351 e. The van der Waals surface area contributed by atoms with Gasteiger partial charge < -0.3 is 17.7 Å². The molecule has 0 amide bonds. The molecule has 0 bridgehead atoms. The monoisotopic (exact) mass is 277 g/mol. The third-order valence-corrected chi connectivity index (χ3v) is 5.66. The Labute approximate surface area is 113 Å². The molecule has 0 spiro atoms. The summed E-state index contributed by atoms with van der Waals surface area (Å²) >= 11 is 0. The van der Waals surface area contributed by atoms with Crippen LogP contribution in [0.3, 0.4) is 0 Å². The SMILES string of the molecule is [CH2]CC(CC)(CC)O[Si](OCC)(OCC)OCC. The molecule has 1 radical (unpaired) electrons. The molecule has 0 fully saturated rings. The molecule has 5 heteroatoms. The Morgan fingerprint density at radius 2 is 1.22 bits per heavy atom. The third kappa shape index (κ3) is 4.97. The highest BCUT2D eigenvalue weighted by atomic mass is 28.4. The van der Waals surface area contributed by atoms with Crippen molar-refractivity contribution in [3.63, 3.8) is 0 Å². The molecule has 0 aromatic heterocycles. The smallest absolute Gasteiger partial charge is 0.351 e. The van der Waals surface area contributed by atoms with Gasteiger partial charge in [0.15, 0.2) is 0 Å². The molecule has 0 aliphatic carbocycles. The van der Waals surface area contributed by atoms with E-state index in [9.17, 15) is 0 Å². The number of rotatable bonds is 11. The molecule has 0 atom stereocenters. The lowest BCUT2D eigenvalue weighted by atomic mass is 9.95. The Balaban J connectivity index is 5.02. The van der Waals surface area contributed by atoms with Crippen LogP contribution in [0.25, 0.3) is 0 Å². The van der Waals surface area contributed by atoms with Gasteiger partial charge in [-0.05, 0) is 40.0 Å². The van der Waals surface area contributed by atoms with Crippen LogP contribution in [-0.2, 0) is 17.7 Å². The maximum Gasteiger partial charge on any atom is 0.680 e. The molecule has 0 aliphatic rings. The van der Waals surface area contributed by atoms with Crippen LogP contribution in [0.4, 0.5) is 0 Å². The summed E-state index contributed by atoms with van der Waals surface area (Å²) < 4.78 is 23.4. The molecule has 4 nitrogen and oxygen atoms in total. The predicted octanol–water partition coefficient (Wildman–Crippen LogP) is 3.33. The van der Waals surface area contributed by atoms with E-state index >= 15 is 0 Å². The van der Waals surface area contributed by atoms with Crippen molar-refractivity contribution >= 4 is 9.05 Å². The molecular formula is C13H29O4Si. The Morgan fingerprint density at radius 3 is 1.44 bits per heavy atom. The van der Waals surface area contributed by atoms with Crippen LogP contribution in [-0.4, -0.2) is 34.5 Å². The highest BCUT2D eigenvalue weighted by Crippen LogP contribution is 2.30. The van der Waals surface area contributed by atoms with E-state index in [1.165, 1.54) is 0 Å². The van der Waals surface area contributed by atoms with Crippen LogP contribution in [0.5, 0.6) is 0 Å². The van der Waals surface area contributed by atoms with Gasteiger partial charge in [0, 0.05) is 19.8 Å². The molecule has 0 aliphatic heterocycles. The lowest BCUT2D eigenvalue weighted by Crippen LogP contribution is -2.55. The van der Waals surface area contributed by atoms with Gasteiger partial charge >= 0.3 is 9.05 Å². The van der Waals surface area contributed by atoms with Crippen molar-refractivity contribution < 1.29 is 17.7 Å². The van der Waals surface area contributed by atoms with Crippen LogP contribution in [0.15, 0.2) is 0 Å². The van der Waals surface area contributed by atoms with Gasteiger partial charge in [-0.15, -0.1) is 0 Å². The van der Waals surface area contributed by atoms with E-state index in [1.807, 2.05) is 20.8 Å². The van der Waals surface area contributed by atoms with E-state index in [-0.39, 0.29) is 5.60 Å². The highest BCUT2D eigenvalue weighted by molar-refractivity contribution is 6.53. The van der Waals surface area contributed by atoms with Crippen molar-refractivity contribution in [1.82, 2.24) is 0 Å². The van der Waals surface area contributed by atoms with Gasteiger partial charge in [-0.3, -0.25) is 0 Å². The summed E-state index contributed by atoms with van der Waals surface area (Å²) in [7, 11) is -3.03. The fourth-order valence-electron chi connectivity index (χ4n) is 1.81. The quantitative estimate of drug-likeness (QED) is 0.543. The van der Waals surface area contributed by atoms with Gasteiger partial charge in [0.25, 0.3) is 0 Å². The molecule has 0 saturated heterocycles. The van der Waals surface area contributed by atoms with E-state index < -0.39 is 9.05 Å². The molecule has 0 aromatic carbocycles. The number of hydrogen-bond donors (Lipinski definition) is 0. The largest absolute Gasteiger partial charge is 0.680 e. The van der Waals surface area contributed by atoms with E-state index in [4.69, 9.17) is 17.7 Å². The fourth-order valence-corrected chi connectivity index (χ4v) is 4.22. The van der Waals surface area contributed by atoms with Gasteiger partial charge in [0.05, 0.1) is 5.60 Å². The molecular weight excluding hydrogens is 248 g/mol. The van der Waals surface area contributed by atoms with Crippen LogP contribution < -0.4 is 0 Å². The van der Waals surface area contributed by atoms with Crippen molar-refractivity contribution in [2.24, 2.45) is 0 Å². The van der Waals surface area contributed by atoms with Crippen molar-refractivity contribution in [1.29, 1.82) is 0 Å². The predicted molar refractivity (Wildman–Crippen MR) is 75.0 cm³/mol. The summed E-state index contributed by atoms with van der Waals surface area (Å²) in [5, 5.41) is 0. The van der Waals surface area contributed by atoms with Crippen molar-refractivity contribution in [3.05, 3.63) is 6.92 Å². The van der Waals surface area contributed by atoms with Crippen LogP contribution in [0.2, 0.25) is 0 Å². The van der Waals surface area contributed by atoms with E-state index in [0.717, 1.165) is 12.8 Å². The molecule has 0 N–H and O–H groups in total. The fraction of sp³-hybridized carbons (Fsp3) is 0.923. The molecule has 0 aromatic rings. The van der Waals surface area contributed by atoms with Gasteiger partial charge in [0.2, 0.25) is 0 Å². The first-order valence-corrected chi connectivity index (χ1v) is 8.62. The maximum atomic E-state index is 6.20. The Morgan fingerprint density at radius 1 is 0.833 bits per heavy atom. The zero-order valence-corrected chi connectivity index (χ0v) is 13.6. The Hall–Kier alpha value is 0.0569. The standard InChI is InChI=1S/C13H29O4Si/c1-7-13(8-2,9-3)17-18(14-10-4,15-11-5)16-12-6/h1,7-12H2,2-6H3. The molecule has 0 saturated carbocycles. The van der Waals surface area contributed by atoms with Gasteiger partial charge in [-0.1, -0.05) is 20.8 Å². The summed E-state index contributed by atoms with van der Waals surface area (Å²) in [6.45, 7) is 15.5. The summed E-state index contributed by atoms with van der Waals surface area (Å²) in [5.41, 5.74) is -0.314. The molecule has 0 heterocycles. The second-order valence-corrected chi connectivity index (χ2v) is 6.11. The molecule has 109 valence electrons. The second-order valence-electron chi connectivity index (χ2n) is 4.04. The molecule has 0 rings (SSSR count). The van der Waals surface area contributed by atoms with E-state index in [2.05, 4.69) is 20.8 Å². The van der Waals surface area contributed by atoms with Crippen molar-refractivity contribution in [2.45, 2.75) is 59.5 Å². The lowest BCUT2D eigenvalue weighted by molar-refractivity contribution is -0.0928. The van der Waals surface area contributed by atoms with Crippen LogP contribution in [0, 0.1) is 6.92 Å². The highest BCUT2D eigenvalue weighted by Gasteiger charge is 2.50. The normalized spacial score (nSPS) is 13.0. The van der Waals surface area contributed by atoms with E-state index in [1.54, 1.807) is 0 Å². The first-order valence-electron chi connectivity index (χ1n) is 6.98. The van der Waals surface area contributed by atoms with Gasteiger partial charge in [0.1, 0.15) is 0 Å². The van der Waals surface area contributed by atoms with Crippen LogP contribution in [0.1, 0.15) is 53.9 Å². The minimum atomic E-state index is -3.03. The minimum absolute atomic E-state index is 0.314. The average Bonchev–Trinajstić information content (AvgIpc) is 2.37. The van der Waals surface area contributed by atoms with Gasteiger partial charge in [-0.2, -0.15) is 0 Å². The van der Waals surface area contributed by atoms with Crippen molar-refractivity contribution in [3.8, 4) is 0 Å². The molecule has 18 heavy (non-hydrogen) atoms. The third-order valence-electron chi connectivity index (χ3n) is 3.05. The first kappa shape index (κ1) is 18.1. The molecule has 0 unspecified atom stereocenters. The summed E-state index contributed by atoms with van der Waals surface area (Å²) in [4.78, 5) is 0. The lowest BCUT2D eigenvalue weighted by Gasteiger charge is -2.38. The number of hydrogen-bond acceptors (Lipinski definition) is 4. The summed E-state index contributed by atoms with van der Waals surface area (Å²) in [6, 6.07) is 0. The average molecular weight is 277 g/mol. The van der Waals surface area contributed by atoms with Gasteiger partial charge in [-0.25, -0.2) is 0 Å².